The number of hydrogen-bond acceptors (Lipinski definition) is 4. The predicted molar refractivity (Wildman–Crippen MR) is 67.0 cm³/mol. The van der Waals surface area contributed by atoms with Crippen molar-refractivity contribution < 1.29 is 13.5 Å². The molecule has 1 atom stereocenters. The first kappa shape index (κ1) is 13.8. The molecule has 1 unspecified atom stereocenters. The molecular formula is C10H16ClN3O3S. The van der Waals surface area contributed by atoms with Gasteiger partial charge in [0.25, 0.3) is 0 Å². The second kappa shape index (κ2) is 4.80. The standard InChI is InChI=1S/C10H16ClN3O3S/c1-7-9(10(11)13(2)12-7)18(16,17)14-5-3-4-8(15)6-14/h8,15H,3-6H2,1-2H3. The minimum absolute atomic E-state index is 0.0424. The van der Waals surface area contributed by atoms with E-state index in [2.05, 4.69) is 5.10 Å². The van der Waals surface area contributed by atoms with Gasteiger partial charge in [0, 0.05) is 20.1 Å². The first-order chi connectivity index (χ1) is 8.34. The second-order valence-electron chi connectivity index (χ2n) is 4.49. The molecule has 0 spiro atoms. The van der Waals surface area contributed by atoms with Crippen LogP contribution < -0.4 is 0 Å². The smallest absolute Gasteiger partial charge is 0.248 e. The molecule has 2 heterocycles. The Morgan fingerprint density at radius 1 is 1.50 bits per heavy atom. The second-order valence-corrected chi connectivity index (χ2v) is 6.72. The van der Waals surface area contributed by atoms with Crippen LogP contribution in [-0.2, 0) is 17.1 Å². The molecule has 1 aromatic rings. The number of aromatic nitrogens is 2. The molecule has 8 heteroatoms. The quantitative estimate of drug-likeness (QED) is 0.863. The monoisotopic (exact) mass is 293 g/mol. The molecule has 1 aliphatic rings. The van der Waals surface area contributed by atoms with Crippen molar-refractivity contribution in [3.63, 3.8) is 0 Å². The number of rotatable bonds is 2. The fourth-order valence-electron chi connectivity index (χ4n) is 2.17. The fraction of sp³-hybridized carbons (Fsp3) is 0.700. The van der Waals surface area contributed by atoms with E-state index in [0.29, 0.717) is 25.1 Å². The van der Waals surface area contributed by atoms with Crippen LogP contribution in [0.5, 0.6) is 0 Å². The Morgan fingerprint density at radius 2 is 2.17 bits per heavy atom. The lowest BCUT2D eigenvalue weighted by Crippen LogP contribution is -2.42. The van der Waals surface area contributed by atoms with Crippen LogP contribution in [0, 0.1) is 6.92 Å². The normalized spacial score (nSPS) is 22.3. The van der Waals surface area contributed by atoms with E-state index >= 15 is 0 Å². The Hall–Kier alpha value is -0.630. The fourth-order valence-corrected chi connectivity index (χ4v) is 4.39. The zero-order valence-corrected chi connectivity index (χ0v) is 11.9. The van der Waals surface area contributed by atoms with Crippen molar-refractivity contribution in [2.45, 2.75) is 30.8 Å². The van der Waals surface area contributed by atoms with Gasteiger partial charge in [0.15, 0.2) is 0 Å². The summed E-state index contributed by atoms with van der Waals surface area (Å²) < 4.78 is 27.5. The number of β-amino-alcohol motifs (C(OH)–C–C–N with tert-alkyl or cyclic N) is 1. The third kappa shape index (κ3) is 2.27. The number of aliphatic hydroxyl groups is 1. The van der Waals surface area contributed by atoms with E-state index in [0.717, 1.165) is 0 Å². The van der Waals surface area contributed by atoms with E-state index in [-0.39, 0.29) is 16.6 Å². The highest BCUT2D eigenvalue weighted by Crippen LogP contribution is 2.28. The Bertz CT molecular complexity index is 555. The zero-order chi connectivity index (χ0) is 13.5. The van der Waals surface area contributed by atoms with Crippen LogP contribution in [0.25, 0.3) is 0 Å². The number of nitrogens with zero attached hydrogens (tertiary/aromatic N) is 3. The summed E-state index contributed by atoms with van der Waals surface area (Å²) in [6.07, 6.45) is 0.674. The average Bonchev–Trinajstić information content (AvgIpc) is 2.53. The van der Waals surface area contributed by atoms with Crippen molar-refractivity contribution in [3.05, 3.63) is 10.8 Å². The van der Waals surface area contributed by atoms with Crippen LogP contribution in [0.15, 0.2) is 4.90 Å². The molecule has 0 amide bonds. The average molecular weight is 294 g/mol. The van der Waals surface area contributed by atoms with Crippen molar-refractivity contribution >= 4 is 21.6 Å². The molecular weight excluding hydrogens is 278 g/mol. The summed E-state index contributed by atoms with van der Waals surface area (Å²) >= 11 is 5.99. The lowest BCUT2D eigenvalue weighted by Gasteiger charge is -2.29. The van der Waals surface area contributed by atoms with Gasteiger partial charge in [-0.05, 0) is 19.8 Å². The van der Waals surface area contributed by atoms with E-state index in [4.69, 9.17) is 11.6 Å². The van der Waals surface area contributed by atoms with Gasteiger partial charge in [0.1, 0.15) is 10.0 Å². The van der Waals surface area contributed by atoms with Crippen molar-refractivity contribution in [3.8, 4) is 0 Å². The van der Waals surface area contributed by atoms with Crippen LogP contribution in [0.3, 0.4) is 0 Å². The van der Waals surface area contributed by atoms with Gasteiger partial charge in [-0.2, -0.15) is 9.40 Å². The van der Waals surface area contributed by atoms with Crippen molar-refractivity contribution in [2.24, 2.45) is 7.05 Å². The van der Waals surface area contributed by atoms with Gasteiger partial charge in [0.05, 0.1) is 11.8 Å². The van der Waals surface area contributed by atoms with Crippen molar-refractivity contribution in [2.75, 3.05) is 13.1 Å². The molecule has 6 nitrogen and oxygen atoms in total. The number of halogens is 1. The van der Waals surface area contributed by atoms with Crippen LogP contribution in [0.2, 0.25) is 5.15 Å². The SMILES string of the molecule is Cc1nn(C)c(Cl)c1S(=O)(=O)N1CCCC(O)C1. The molecule has 1 aromatic heterocycles. The first-order valence-electron chi connectivity index (χ1n) is 5.71. The third-order valence-corrected chi connectivity index (χ3v) is 5.62. The Labute approximate surface area is 111 Å². The number of piperidine rings is 1. The summed E-state index contributed by atoms with van der Waals surface area (Å²) in [7, 11) is -2.08. The number of sulfonamides is 1. The van der Waals surface area contributed by atoms with Gasteiger partial charge in [-0.1, -0.05) is 11.6 Å². The number of hydrogen-bond donors (Lipinski definition) is 1. The molecule has 18 heavy (non-hydrogen) atoms. The highest BCUT2D eigenvalue weighted by Gasteiger charge is 2.34. The summed E-state index contributed by atoms with van der Waals surface area (Å²) in [5.41, 5.74) is 0.377. The van der Waals surface area contributed by atoms with E-state index in [1.807, 2.05) is 0 Å². The molecule has 0 saturated carbocycles. The molecule has 102 valence electrons. The van der Waals surface area contributed by atoms with Crippen LogP contribution >= 0.6 is 11.6 Å². The summed E-state index contributed by atoms with van der Waals surface area (Å²) in [6.45, 7) is 2.14. The van der Waals surface area contributed by atoms with E-state index in [9.17, 15) is 13.5 Å². The lowest BCUT2D eigenvalue weighted by atomic mass is 10.1. The van der Waals surface area contributed by atoms with Gasteiger partial charge >= 0.3 is 0 Å². The molecule has 1 N–H and O–H groups in total. The van der Waals surface area contributed by atoms with E-state index in [1.165, 1.54) is 8.99 Å². The van der Waals surface area contributed by atoms with Crippen molar-refractivity contribution in [1.82, 2.24) is 14.1 Å². The van der Waals surface area contributed by atoms with Crippen molar-refractivity contribution in [1.29, 1.82) is 0 Å². The molecule has 2 rings (SSSR count). The molecule has 0 radical (unpaired) electrons. The Balaban J connectivity index is 2.42. The maximum atomic E-state index is 12.5. The van der Waals surface area contributed by atoms with Gasteiger partial charge in [-0.3, -0.25) is 4.68 Å². The first-order valence-corrected chi connectivity index (χ1v) is 7.53. The molecule has 1 aliphatic heterocycles. The molecule has 0 aromatic carbocycles. The maximum Gasteiger partial charge on any atom is 0.248 e. The predicted octanol–water partition coefficient (Wildman–Crippen LogP) is 0.527. The number of aliphatic hydroxyl groups excluding tert-OH is 1. The van der Waals surface area contributed by atoms with Gasteiger partial charge in [0.2, 0.25) is 10.0 Å². The van der Waals surface area contributed by atoms with Gasteiger partial charge in [-0.15, -0.1) is 0 Å². The van der Waals surface area contributed by atoms with Gasteiger partial charge < -0.3 is 5.11 Å². The van der Waals surface area contributed by atoms with Crippen LogP contribution in [0.4, 0.5) is 0 Å². The highest BCUT2D eigenvalue weighted by molar-refractivity contribution is 7.89. The molecule has 1 saturated heterocycles. The Kier molecular flexibility index (Phi) is 3.68. The topological polar surface area (TPSA) is 75.4 Å². The summed E-state index contributed by atoms with van der Waals surface area (Å²) in [6, 6.07) is 0. The molecule has 1 fully saturated rings. The minimum Gasteiger partial charge on any atom is -0.392 e. The minimum atomic E-state index is -3.68. The molecule has 0 aliphatic carbocycles. The Morgan fingerprint density at radius 3 is 2.67 bits per heavy atom. The largest absolute Gasteiger partial charge is 0.392 e. The summed E-state index contributed by atoms with van der Waals surface area (Å²) in [4.78, 5) is 0.0424. The van der Waals surface area contributed by atoms with Gasteiger partial charge in [-0.25, -0.2) is 8.42 Å². The molecule has 0 bridgehead atoms. The number of aryl methyl sites for hydroxylation is 2. The highest BCUT2D eigenvalue weighted by atomic mass is 35.5. The summed E-state index contributed by atoms with van der Waals surface area (Å²) in [5, 5.41) is 13.7. The lowest BCUT2D eigenvalue weighted by molar-refractivity contribution is 0.108. The summed E-state index contributed by atoms with van der Waals surface area (Å²) in [5.74, 6) is 0. The van der Waals surface area contributed by atoms with Crippen LogP contribution in [-0.4, -0.2) is 46.8 Å². The van der Waals surface area contributed by atoms with E-state index in [1.54, 1.807) is 14.0 Å². The third-order valence-electron chi connectivity index (χ3n) is 3.06. The van der Waals surface area contributed by atoms with E-state index < -0.39 is 16.1 Å². The maximum absolute atomic E-state index is 12.5. The van der Waals surface area contributed by atoms with Crippen LogP contribution in [0.1, 0.15) is 18.5 Å². The zero-order valence-electron chi connectivity index (χ0n) is 10.3.